The minimum atomic E-state index is -4.35. The minimum Gasteiger partial charge on any atom is -0.223 e. The Morgan fingerprint density at radius 3 is 2.44 bits per heavy atom. The maximum atomic E-state index is 13.1. The third-order valence-corrected chi connectivity index (χ3v) is 2.39. The predicted octanol–water partition coefficient (Wildman–Crippen LogP) is 0.677. The number of nitrogens with zero attached hydrogens (tertiary/aromatic N) is 2. The van der Waals surface area contributed by atoms with Gasteiger partial charge in [-0.3, -0.25) is 0 Å². The van der Waals surface area contributed by atoms with Gasteiger partial charge in [0.2, 0.25) is 0 Å². The molecule has 1 heterocycles. The molecule has 0 unspecified atom stereocenters. The normalized spacial score (nSPS) is 11.5. The zero-order valence-corrected chi connectivity index (χ0v) is 8.30. The topological polar surface area (TPSA) is 96.8 Å². The molecule has 16 heavy (non-hydrogen) atoms. The summed E-state index contributed by atoms with van der Waals surface area (Å²) in [5, 5.41) is 12.1. The van der Waals surface area contributed by atoms with E-state index >= 15 is 0 Å². The monoisotopic (exact) mass is 251 g/mol. The largest absolute Gasteiger partial charge is 0.269 e. The minimum absolute atomic E-state index is 0.248. The lowest BCUT2D eigenvalue weighted by Crippen LogP contribution is -2.16. The third-order valence-electron chi connectivity index (χ3n) is 1.60. The van der Waals surface area contributed by atoms with Crippen LogP contribution in [-0.4, -0.2) is 13.4 Å². The molecule has 1 aromatic rings. The van der Waals surface area contributed by atoms with Crippen molar-refractivity contribution >= 4 is 10.0 Å². The zero-order chi connectivity index (χ0) is 12.5. The highest BCUT2D eigenvalue weighted by molar-refractivity contribution is 7.89. The van der Waals surface area contributed by atoms with Gasteiger partial charge in [-0.15, -0.1) is 0 Å². The number of hydrogen-bond acceptors (Lipinski definition) is 4. The molecule has 2 N–H and O–H groups in total. The second-order valence-electron chi connectivity index (χ2n) is 2.66. The van der Waals surface area contributed by atoms with Crippen molar-refractivity contribution in [2.24, 2.45) is 5.14 Å². The van der Waals surface area contributed by atoms with Gasteiger partial charge in [0.1, 0.15) is 11.9 Å². The molecule has 1 aromatic heterocycles. The molecule has 86 valence electrons. The summed E-state index contributed by atoms with van der Waals surface area (Å²) < 4.78 is 59.2. The van der Waals surface area contributed by atoms with E-state index in [2.05, 4.69) is 10.1 Å². The lowest BCUT2D eigenvalue weighted by Gasteiger charge is -2.05. The summed E-state index contributed by atoms with van der Waals surface area (Å²) >= 11 is 0. The number of primary sulfonamides is 1. The molecule has 0 radical (unpaired) electrons. The van der Waals surface area contributed by atoms with Crippen LogP contribution in [0.15, 0.2) is 11.1 Å². The molecular formula is C7H4F3N3O2S. The summed E-state index contributed by atoms with van der Waals surface area (Å²) in [5.41, 5.74) is -2.24. The third kappa shape index (κ3) is 2.29. The molecule has 0 amide bonds. The molecule has 0 aliphatic rings. The molecule has 0 spiro atoms. The number of hydrogen-bond donors (Lipinski definition) is 1. The van der Waals surface area contributed by atoms with Gasteiger partial charge in [-0.1, -0.05) is 0 Å². The van der Waals surface area contributed by atoms with Gasteiger partial charge in [0.15, 0.2) is 10.7 Å². The van der Waals surface area contributed by atoms with Crippen molar-refractivity contribution in [3.8, 4) is 6.07 Å². The van der Waals surface area contributed by atoms with Gasteiger partial charge in [-0.05, 0) is 0 Å². The van der Waals surface area contributed by atoms with Gasteiger partial charge < -0.3 is 0 Å². The van der Waals surface area contributed by atoms with Gasteiger partial charge >= 0.3 is 0 Å². The average molecular weight is 251 g/mol. The van der Waals surface area contributed by atoms with Crippen LogP contribution in [0.2, 0.25) is 0 Å². The average Bonchev–Trinajstić information content (AvgIpc) is 2.14. The number of nitriles is 1. The highest BCUT2D eigenvalue weighted by Crippen LogP contribution is 2.25. The molecular weight excluding hydrogens is 247 g/mol. The molecule has 9 heteroatoms. The van der Waals surface area contributed by atoms with E-state index in [1.165, 1.54) is 6.07 Å². The van der Waals surface area contributed by atoms with E-state index in [-0.39, 0.29) is 6.07 Å². The Morgan fingerprint density at radius 2 is 2.06 bits per heavy atom. The van der Waals surface area contributed by atoms with Crippen LogP contribution < -0.4 is 5.14 Å². The maximum absolute atomic E-state index is 13.1. The number of sulfonamides is 1. The van der Waals surface area contributed by atoms with Crippen molar-refractivity contribution in [1.29, 1.82) is 5.26 Å². The Morgan fingerprint density at radius 1 is 1.50 bits per heavy atom. The summed E-state index contributed by atoms with van der Waals surface area (Å²) in [6.07, 6.45) is -3.27. The Hall–Kier alpha value is -1.66. The van der Waals surface area contributed by atoms with Crippen LogP contribution in [0.3, 0.4) is 0 Å². The number of halogens is 3. The van der Waals surface area contributed by atoms with Crippen LogP contribution in [0, 0.1) is 17.1 Å². The van der Waals surface area contributed by atoms with Crippen LogP contribution in [0.25, 0.3) is 0 Å². The first-order valence-electron chi connectivity index (χ1n) is 3.69. The lowest BCUT2D eigenvalue weighted by atomic mass is 10.2. The van der Waals surface area contributed by atoms with E-state index in [0.717, 1.165) is 0 Å². The summed E-state index contributed by atoms with van der Waals surface area (Å²) in [6.45, 7) is 0. The molecule has 5 nitrogen and oxygen atoms in total. The fourth-order valence-corrected chi connectivity index (χ4v) is 1.43. The molecule has 0 fully saturated rings. The number of alkyl halides is 2. The second kappa shape index (κ2) is 4.07. The summed E-state index contributed by atoms with van der Waals surface area (Å²) in [4.78, 5) is 3.05. The Balaban J connectivity index is 3.59. The summed E-state index contributed by atoms with van der Waals surface area (Å²) in [5.74, 6) is -1.54. The predicted molar refractivity (Wildman–Crippen MR) is 45.2 cm³/mol. The molecule has 1 rings (SSSR count). The van der Waals surface area contributed by atoms with Crippen LogP contribution in [-0.2, 0) is 10.0 Å². The smallest absolute Gasteiger partial charge is 0.223 e. The first-order chi connectivity index (χ1) is 7.27. The highest BCUT2D eigenvalue weighted by Gasteiger charge is 2.23. The lowest BCUT2D eigenvalue weighted by molar-refractivity contribution is 0.145. The first kappa shape index (κ1) is 12.4. The van der Waals surface area contributed by atoms with E-state index in [1.54, 1.807) is 0 Å². The molecule has 0 saturated heterocycles. The zero-order valence-electron chi connectivity index (χ0n) is 7.49. The van der Waals surface area contributed by atoms with Crippen molar-refractivity contribution in [3.63, 3.8) is 0 Å². The van der Waals surface area contributed by atoms with Crippen molar-refractivity contribution in [1.82, 2.24) is 4.98 Å². The number of rotatable bonds is 2. The van der Waals surface area contributed by atoms with E-state index in [1.807, 2.05) is 0 Å². The maximum Gasteiger partial charge on any atom is 0.269 e. The molecule has 0 atom stereocenters. The van der Waals surface area contributed by atoms with Crippen LogP contribution in [0.4, 0.5) is 13.2 Å². The Bertz CT molecular complexity index is 565. The van der Waals surface area contributed by atoms with Crippen molar-refractivity contribution in [2.45, 2.75) is 11.5 Å². The van der Waals surface area contributed by atoms with Gasteiger partial charge in [0, 0.05) is 6.07 Å². The second-order valence-corrected chi connectivity index (χ2v) is 4.17. The molecule has 0 aromatic carbocycles. The fourth-order valence-electron chi connectivity index (χ4n) is 0.941. The summed E-state index contributed by atoms with van der Waals surface area (Å²) in [6, 6.07) is 1.43. The van der Waals surface area contributed by atoms with Gasteiger partial charge in [0.05, 0.1) is 5.56 Å². The Kier molecular flexibility index (Phi) is 3.16. The standard InChI is InChI=1S/C7H4F3N3O2S/c8-3-1-5(16(12,14)15)13-4(2-11)6(3)7(9)10/h1,7H,(H2,12,14,15). The number of pyridine rings is 1. The quantitative estimate of drug-likeness (QED) is 0.835. The van der Waals surface area contributed by atoms with Crippen LogP contribution in [0.5, 0.6) is 0 Å². The van der Waals surface area contributed by atoms with Crippen LogP contribution >= 0.6 is 0 Å². The van der Waals surface area contributed by atoms with E-state index in [0.29, 0.717) is 0 Å². The highest BCUT2D eigenvalue weighted by atomic mass is 32.2. The van der Waals surface area contributed by atoms with E-state index < -0.39 is 38.5 Å². The van der Waals surface area contributed by atoms with Gasteiger partial charge in [-0.25, -0.2) is 31.7 Å². The molecule has 0 saturated carbocycles. The molecule has 0 bridgehead atoms. The molecule has 0 aliphatic heterocycles. The van der Waals surface area contributed by atoms with Gasteiger partial charge in [-0.2, -0.15) is 5.26 Å². The van der Waals surface area contributed by atoms with E-state index in [4.69, 9.17) is 5.26 Å². The van der Waals surface area contributed by atoms with E-state index in [9.17, 15) is 21.6 Å². The summed E-state index contributed by atoms with van der Waals surface area (Å²) in [7, 11) is -4.35. The Labute approximate surface area is 88.4 Å². The molecule has 0 aliphatic carbocycles. The van der Waals surface area contributed by atoms with Crippen LogP contribution in [0.1, 0.15) is 17.7 Å². The number of aromatic nitrogens is 1. The number of nitrogens with two attached hydrogens (primary N) is 1. The first-order valence-corrected chi connectivity index (χ1v) is 5.23. The SMILES string of the molecule is N#Cc1nc(S(N)(=O)=O)cc(F)c1C(F)F. The van der Waals surface area contributed by atoms with Crippen molar-refractivity contribution < 1.29 is 21.6 Å². The fraction of sp³-hybridized carbons (Fsp3) is 0.143. The van der Waals surface area contributed by atoms with Crippen molar-refractivity contribution in [3.05, 3.63) is 23.1 Å². The van der Waals surface area contributed by atoms with Gasteiger partial charge in [0.25, 0.3) is 16.4 Å². The van der Waals surface area contributed by atoms with Crippen molar-refractivity contribution in [2.75, 3.05) is 0 Å².